The average Bonchev–Trinajstić information content (AvgIpc) is 3.01. The first-order valence-corrected chi connectivity index (χ1v) is 9.68. The van der Waals surface area contributed by atoms with Crippen molar-refractivity contribution >= 4 is 22.6 Å². The van der Waals surface area contributed by atoms with Crippen molar-refractivity contribution < 1.29 is 4.79 Å². The van der Waals surface area contributed by atoms with E-state index in [-0.39, 0.29) is 12.5 Å². The van der Waals surface area contributed by atoms with Crippen molar-refractivity contribution in [3.8, 4) is 11.1 Å². The molecule has 2 aromatic carbocycles. The Balaban J connectivity index is 1.67. The van der Waals surface area contributed by atoms with Gasteiger partial charge in [0.15, 0.2) is 5.65 Å². The van der Waals surface area contributed by atoms with Crippen LogP contribution >= 0.6 is 0 Å². The minimum absolute atomic E-state index is 0.113. The number of amides is 1. The molecule has 5 heteroatoms. The van der Waals surface area contributed by atoms with E-state index in [2.05, 4.69) is 46.6 Å². The van der Waals surface area contributed by atoms with Gasteiger partial charge in [0, 0.05) is 17.3 Å². The minimum Gasteiger partial charge on any atom is -0.324 e. The molecular weight excluding hydrogens is 360 g/mol. The summed E-state index contributed by atoms with van der Waals surface area (Å²) in [6.45, 7) is 8.14. The predicted molar refractivity (Wildman–Crippen MR) is 117 cm³/mol. The van der Waals surface area contributed by atoms with Crippen molar-refractivity contribution in [1.29, 1.82) is 0 Å². The average molecular weight is 384 g/mol. The molecule has 4 rings (SSSR count). The number of fused-ring (bicyclic) bond motifs is 1. The topological polar surface area (TPSA) is 59.8 Å². The zero-order chi connectivity index (χ0) is 20.5. The van der Waals surface area contributed by atoms with Crippen LogP contribution in [0.3, 0.4) is 0 Å². The number of carbonyl (C=O) groups excluding carboxylic acids is 1. The Labute approximate surface area is 170 Å². The van der Waals surface area contributed by atoms with Gasteiger partial charge in [0.25, 0.3) is 0 Å². The van der Waals surface area contributed by atoms with Gasteiger partial charge in [0.05, 0.1) is 5.69 Å². The zero-order valence-electron chi connectivity index (χ0n) is 17.2. The number of anilines is 1. The molecule has 0 aliphatic heterocycles. The van der Waals surface area contributed by atoms with Crippen LogP contribution in [0.5, 0.6) is 0 Å². The van der Waals surface area contributed by atoms with Gasteiger partial charge >= 0.3 is 0 Å². The standard InChI is InChI=1S/C24H24N4O/c1-15-6-9-19(10-7-15)20-11-12-25-24-23(20)18(4)27-28(24)14-22(29)26-21-13-16(2)5-8-17(21)3/h5-13H,14H2,1-4H3,(H,26,29). The molecule has 0 atom stereocenters. The number of nitrogens with one attached hydrogen (secondary N) is 1. The second kappa shape index (κ2) is 7.51. The van der Waals surface area contributed by atoms with Gasteiger partial charge in [-0.2, -0.15) is 5.10 Å². The monoisotopic (exact) mass is 384 g/mol. The number of pyridine rings is 1. The second-order valence-corrected chi connectivity index (χ2v) is 7.53. The van der Waals surface area contributed by atoms with Gasteiger partial charge in [-0.25, -0.2) is 9.67 Å². The number of benzene rings is 2. The summed E-state index contributed by atoms with van der Waals surface area (Å²) in [5.41, 5.74) is 7.96. The molecule has 0 radical (unpaired) electrons. The van der Waals surface area contributed by atoms with E-state index in [0.29, 0.717) is 0 Å². The van der Waals surface area contributed by atoms with E-state index in [4.69, 9.17) is 0 Å². The molecule has 0 saturated carbocycles. The van der Waals surface area contributed by atoms with Gasteiger partial charge < -0.3 is 5.32 Å². The smallest absolute Gasteiger partial charge is 0.246 e. The third-order valence-electron chi connectivity index (χ3n) is 5.13. The number of hydrogen-bond donors (Lipinski definition) is 1. The fourth-order valence-electron chi connectivity index (χ4n) is 3.56. The van der Waals surface area contributed by atoms with Gasteiger partial charge in [-0.15, -0.1) is 0 Å². The normalized spacial score (nSPS) is 11.0. The van der Waals surface area contributed by atoms with Gasteiger partial charge in [0.1, 0.15) is 6.54 Å². The molecule has 2 aromatic heterocycles. The maximum Gasteiger partial charge on any atom is 0.246 e. The van der Waals surface area contributed by atoms with Crippen LogP contribution in [0.15, 0.2) is 54.7 Å². The lowest BCUT2D eigenvalue weighted by Gasteiger charge is -2.10. The van der Waals surface area contributed by atoms with Crippen LogP contribution in [0.25, 0.3) is 22.2 Å². The quantitative estimate of drug-likeness (QED) is 0.540. The van der Waals surface area contributed by atoms with Crippen molar-refractivity contribution in [3.05, 3.63) is 77.1 Å². The number of carbonyl (C=O) groups is 1. The lowest BCUT2D eigenvalue weighted by molar-refractivity contribution is -0.116. The highest BCUT2D eigenvalue weighted by Crippen LogP contribution is 2.30. The van der Waals surface area contributed by atoms with Crippen LogP contribution in [-0.4, -0.2) is 20.7 Å². The molecule has 0 saturated heterocycles. The largest absolute Gasteiger partial charge is 0.324 e. The fraction of sp³-hybridized carbons (Fsp3) is 0.208. The van der Waals surface area contributed by atoms with Crippen molar-refractivity contribution in [2.75, 3.05) is 5.32 Å². The number of nitrogens with zero attached hydrogens (tertiary/aromatic N) is 3. The maximum atomic E-state index is 12.7. The van der Waals surface area contributed by atoms with E-state index in [1.54, 1.807) is 10.9 Å². The first-order valence-electron chi connectivity index (χ1n) is 9.68. The first-order chi connectivity index (χ1) is 13.9. The molecule has 5 nitrogen and oxygen atoms in total. The van der Waals surface area contributed by atoms with E-state index in [1.165, 1.54) is 5.56 Å². The second-order valence-electron chi connectivity index (χ2n) is 7.53. The van der Waals surface area contributed by atoms with Crippen molar-refractivity contribution in [2.45, 2.75) is 34.2 Å². The summed E-state index contributed by atoms with van der Waals surface area (Å²) in [5, 5.41) is 8.59. The third kappa shape index (κ3) is 3.76. The molecule has 1 N–H and O–H groups in total. The number of hydrogen-bond acceptors (Lipinski definition) is 3. The first kappa shape index (κ1) is 18.9. The molecule has 0 aliphatic rings. The molecular formula is C24H24N4O. The lowest BCUT2D eigenvalue weighted by Crippen LogP contribution is -2.20. The summed E-state index contributed by atoms with van der Waals surface area (Å²) in [6, 6.07) is 16.4. The Bertz CT molecular complexity index is 1210. The Morgan fingerprint density at radius 2 is 1.69 bits per heavy atom. The zero-order valence-corrected chi connectivity index (χ0v) is 17.2. The Kier molecular flexibility index (Phi) is 4.89. The van der Waals surface area contributed by atoms with Crippen molar-refractivity contribution in [3.63, 3.8) is 0 Å². The Morgan fingerprint density at radius 3 is 2.45 bits per heavy atom. The van der Waals surface area contributed by atoms with Gasteiger partial charge in [0.2, 0.25) is 5.91 Å². The number of aromatic nitrogens is 3. The lowest BCUT2D eigenvalue weighted by atomic mass is 10.0. The van der Waals surface area contributed by atoms with Gasteiger partial charge in [-0.3, -0.25) is 4.79 Å². The van der Waals surface area contributed by atoms with E-state index in [9.17, 15) is 4.79 Å². The molecule has 0 spiro atoms. The van der Waals surface area contributed by atoms with Crippen molar-refractivity contribution in [2.24, 2.45) is 0 Å². The molecule has 0 unspecified atom stereocenters. The van der Waals surface area contributed by atoms with E-state index < -0.39 is 0 Å². The molecule has 29 heavy (non-hydrogen) atoms. The molecule has 0 aliphatic carbocycles. The summed E-state index contributed by atoms with van der Waals surface area (Å²) in [5.74, 6) is -0.120. The van der Waals surface area contributed by atoms with Crippen LogP contribution < -0.4 is 5.32 Å². The summed E-state index contributed by atoms with van der Waals surface area (Å²) in [6.07, 6.45) is 1.78. The van der Waals surface area contributed by atoms with E-state index in [1.807, 2.05) is 45.0 Å². The van der Waals surface area contributed by atoms with Crippen LogP contribution in [-0.2, 0) is 11.3 Å². The molecule has 0 bridgehead atoms. The van der Waals surface area contributed by atoms with Crippen LogP contribution in [0, 0.1) is 27.7 Å². The predicted octanol–water partition coefficient (Wildman–Crippen LogP) is 4.97. The molecule has 4 aromatic rings. The SMILES string of the molecule is Cc1ccc(-c2ccnc3c2c(C)nn3CC(=O)Nc2cc(C)ccc2C)cc1. The number of aryl methyl sites for hydroxylation is 4. The summed E-state index contributed by atoms with van der Waals surface area (Å²) in [7, 11) is 0. The summed E-state index contributed by atoms with van der Waals surface area (Å²) in [4.78, 5) is 17.2. The van der Waals surface area contributed by atoms with E-state index >= 15 is 0 Å². The highest BCUT2D eigenvalue weighted by Gasteiger charge is 2.16. The molecule has 1 amide bonds. The highest BCUT2D eigenvalue weighted by molar-refractivity contribution is 5.96. The molecule has 0 fully saturated rings. The van der Waals surface area contributed by atoms with Crippen molar-refractivity contribution in [1.82, 2.24) is 14.8 Å². The Hall–Kier alpha value is -3.47. The minimum atomic E-state index is -0.120. The van der Waals surface area contributed by atoms with Crippen LogP contribution in [0.4, 0.5) is 5.69 Å². The highest BCUT2D eigenvalue weighted by atomic mass is 16.2. The van der Waals surface area contributed by atoms with Gasteiger partial charge in [-0.05, 0) is 62.1 Å². The third-order valence-corrected chi connectivity index (χ3v) is 5.13. The summed E-state index contributed by atoms with van der Waals surface area (Å²) < 4.78 is 1.68. The van der Waals surface area contributed by atoms with Crippen LogP contribution in [0.2, 0.25) is 0 Å². The Morgan fingerprint density at radius 1 is 0.966 bits per heavy atom. The summed E-state index contributed by atoms with van der Waals surface area (Å²) >= 11 is 0. The number of rotatable bonds is 4. The van der Waals surface area contributed by atoms with E-state index in [0.717, 1.165) is 44.7 Å². The van der Waals surface area contributed by atoms with Gasteiger partial charge in [-0.1, -0.05) is 42.0 Å². The molecule has 146 valence electrons. The van der Waals surface area contributed by atoms with Crippen LogP contribution in [0.1, 0.15) is 22.4 Å². The molecule has 2 heterocycles. The maximum absolute atomic E-state index is 12.7. The fourth-order valence-corrected chi connectivity index (χ4v) is 3.56.